The van der Waals surface area contributed by atoms with Crippen LogP contribution in [0.2, 0.25) is 0 Å². The second-order valence-corrected chi connectivity index (χ2v) is 3.78. The van der Waals surface area contributed by atoms with E-state index in [-0.39, 0.29) is 5.56 Å². The van der Waals surface area contributed by atoms with Crippen molar-refractivity contribution in [2.45, 2.75) is 12.8 Å². The SMILES string of the molecule is COc1ccc(C(=O)CC(=O)CC(=O)O)cc1OC. The predicted octanol–water partition coefficient (Wildman–Crippen LogP) is 1.32. The number of benzene rings is 1. The van der Waals surface area contributed by atoms with Gasteiger partial charge in [0.1, 0.15) is 6.42 Å². The molecule has 102 valence electrons. The van der Waals surface area contributed by atoms with Crippen LogP contribution in [0.5, 0.6) is 11.5 Å². The van der Waals surface area contributed by atoms with Gasteiger partial charge >= 0.3 is 5.97 Å². The Bertz CT molecular complexity index is 506. The lowest BCUT2D eigenvalue weighted by atomic mass is 10.0. The maximum Gasteiger partial charge on any atom is 0.310 e. The molecule has 6 nitrogen and oxygen atoms in total. The number of ether oxygens (including phenoxy) is 2. The van der Waals surface area contributed by atoms with E-state index in [2.05, 4.69) is 0 Å². The highest BCUT2D eigenvalue weighted by molar-refractivity contribution is 6.11. The van der Waals surface area contributed by atoms with Gasteiger partial charge in [0.2, 0.25) is 0 Å². The second kappa shape index (κ2) is 6.53. The monoisotopic (exact) mass is 266 g/mol. The number of methoxy groups -OCH3 is 2. The van der Waals surface area contributed by atoms with E-state index in [0.29, 0.717) is 11.5 Å². The molecule has 0 aromatic heterocycles. The maximum absolute atomic E-state index is 11.8. The van der Waals surface area contributed by atoms with Gasteiger partial charge in [-0.15, -0.1) is 0 Å². The summed E-state index contributed by atoms with van der Waals surface area (Å²) in [7, 11) is 2.90. The van der Waals surface area contributed by atoms with Gasteiger partial charge in [-0.3, -0.25) is 14.4 Å². The fraction of sp³-hybridized carbons (Fsp3) is 0.308. The summed E-state index contributed by atoms with van der Waals surface area (Å²) in [4.78, 5) is 33.4. The maximum atomic E-state index is 11.8. The number of carbonyl (C=O) groups excluding carboxylic acids is 2. The third-order valence-electron chi connectivity index (χ3n) is 2.41. The number of Topliss-reactive ketones (excluding diaryl/α,β-unsaturated/α-hetero) is 2. The molecule has 0 aliphatic heterocycles. The molecule has 0 fully saturated rings. The summed E-state index contributed by atoms with van der Waals surface area (Å²) in [6, 6.07) is 4.50. The lowest BCUT2D eigenvalue weighted by molar-refractivity contribution is -0.139. The van der Waals surface area contributed by atoms with Crippen LogP contribution in [0.15, 0.2) is 18.2 Å². The molecule has 1 aromatic carbocycles. The fourth-order valence-electron chi connectivity index (χ4n) is 1.52. The van der Waals surface area contributed by atoms with Crippen LogP contribution in [0, 0.1) is 0 Å². The Morgan fingerprint density at radius 1 is 1.05 bits per heavy atom. The van der Waals surface area contributed by atoms with Crippen molar-refractivity contribution in [1.82, 2.24) is 0 Å². The van der Waals surface area contributed by atoms with E-state index in [4.69, 9.17) is 14.6 Å². The number of hydrogen-bond acceptors (Lipinski definition) is 5. The first-order valence-corrected chi connectivity index (χ1v) is 5.46. The number of ketones is 2. The van der Waals surface area contributed by atoms with Crippen LogP contribution in [-0.4, -0.2) is 36.9 Å². The Kier molecular flexibility index (Phi) is 5.05. The first-order valence-electron chi connectivity index (χ1n) is 5.46. The van der Waals surface area contributed by atoms with Gasteiger partial charge in [0.05, 0.1) is 20.6 Å². The molecule has 0 atom stereocenters. The molecule has 0 aliphatic carbocycles. The molecule has 0 aliphatic rings. The molecule has 0 unspecified atom stereocenters. The summed E-state index contributed by atoms with van der Waals surface area (Å²) in [5, 5.41) is 8.45. The summed E-state index contributed by atoms with van der Waals surface area (Å²) in [5.74, 6) is -1.49. The Morgan fingerprint density at radius 3 is 2.21 bits per heavy atom. The molecule has 0 heterocycles. The average Bonchev–Trinajstić information content (AvgIpc) is 2.36. The van der Waals surface area contributed by atoms with Gasteiger partial charge in [0.25, 0.3) is 0 Å². The standard InChI is InChI=1S/C13H14O6/c1-18-11-4-3-8(5-12(11)19-2)10(15)6-9(14)7-13(16)17/h3-5H,6-7H2,1-2H3,(H,16,17). The van der Waals surface area contributed by atoms with Crippen LogP contribution in [-0.2, 0) is 9.59 Å². The first kappa shape index (κ1) is 14.7. The summed E-state index contributed by atoms with van der Waals surface area (Å²) in [5.41, 5.74) is 0.274. The number of hydrogen-bond donors (Lipinski definition) is 1. The molecule has 1 aromatic rings. The van der Waals surface area contributed by atoms with Crippen molar-refractivity contribution in [3.8, 4) is 11.5 Å². The number of rotatable bonds is 7. The number of aliphatic carboxylic acids is 1. The van der Waals surface area contributed by atoms with E-state index in [1.54, 1.807) is 6.07 Å². The number of carboxylic acid groups (broad SMARTS) is 1. The molecule has 1 N–H and O–H groups in total. The predicted molar refractivity (Wildman–Crippen MR) is 65.8 cm³/mol. The quantitative estimate of drug-likeness (QED) is 0.591. The Labute approximate surface area is 109 Å². The number of carbonyl (C=O) groups is 3. The van der Waals surface area contributed by atoms with E-state index in [1.165, 1.54) is 26.4 Å². The highest BCUT2D eigenvalue weighted by atomic mass is 16.5. The Hall–Kier alpha value is -2.37. The zero-order valence-corrected chi connectivity index (χ0v) is 10.6. The molecule has 6 heteroatoms. The summed E-state index contributed by atoms with van der Waals surface area (Å²) >= 11 is 0. The van der Waals surface area contributed by atoms with Crippen molar-refractivity contribution in [2.75, 3.05) is 14.2 Å². The van der Waals surface area contributed by atoms with Gasteiger partial charge in [-0.25, -0.2) is 0 Å². The van der Waals surface area contributed by atoms with Crippen molar-refractivity contribution in [2.24, 2.45) is 0 Å². The minimum absolute atomic E-state index is 0.274. The van der Waals surface area contributed by atoms with Gasteiger partial charge < -0.3 is 14.6 Å². The molecule has 0 saturated carbocycles. The second-order valence-electron chi connectivity index (χ2n) is 3.78. The molecule has 0 radical (unpaired) electrons. The van der Waals surface area contributed by atoms with Gasteiger partial charge in [-0.2, -0.15) is 0 Å². The van der Waals surface area contributed by atoms with E-state index in [9.17, 15) is 14.4 Å². The highest BCUT2D eigenvalue weighted by Crippen LogP contribution is 2.28. The van der Waals surface area contributed by atoms with E-state index < -0.39 is 30.4 Å². The Morgan fingerprint density at radius 2 is 1.68 bits per heavy atom. The third kappa shape index (κ3) is 4.09. The fourth-order valence-corrected chi connectivity index (χ4v) is 1.52. The zero-order chi connectivity index (χ0) is 14.4. The highest BCUT2D eigenvalue weighted by Gasteiger charge is 2.16. The average molecular weight is 266 g/mol. The zero-order valence-electron chi connectivity index (χ0n) is 10.6. The van der Waals surface area contributed by atoms with Crippen molar-refractivity contribution in [1.29, 1.82) is 0 Å². The smallest absolute Gasteiger partial charge is 0.310 e. The van der Waals surface area contributed by atoms with Gasteiger partial charge in [-0.1, -0.05) is 0 Å². The molecule has 19 heavy (non-hydrogen) atoms. The summed E-state index contributed by atoms with van der Waals surface area (Å²) < 4.78 is 10.1. The third-order valence-corrected chi connectivity index (χ3v) is 2.41. The minimum atomic E-state index is -1.25. The van der Waals surface area contributed by atoms with Crippen LogP contribution in [0.4, 0.5) is 0 Å². The molecule has 0 amide bonds. The lowest BCUT2D eigenvalue weighted by Gasteiger charge is -2.08. The van der Waals surface area contributed by atoms with Crippen LogP contribution < -0.4 is 9.47 Å². The van der Waals surface area contributed by atoms with Crippen LogP contribution in [0.25, 0.3) is 0 Å². The first-order chi connectivity index (χ1) is 8.97. The normalized spacial score (nSPS) is 9.79. The molecule has 1 rings (SSSR count). The van der Waals surface area contributed by atoms with Gasteiger partial charge in [0, 0.05) is 5.56 Å². The van der Waals surface area contributed by atoms with Crippen LogP contribution >= 0.6 is 0 Å². The summed E-state index contributed by atoms with van der Waals surface area (Å²) in [6.45, 7) is 0. The molecule has 0 bridgehead atoms. The molecule has 0 saturated heterocycles. The molecular formula is C13H14O6. The van der Waals surface area contributed by atoms with E-state index >= 15 is 0 Å². The number of carboxylic acids is 1. The van der Waals surface area contributed by atoms with Crippen LogP contribution in [0.1, 0.15) is 23.2 Å². The molecule has 0 spiro atoms. The minimum Gasteiger partial charge on any atom is -0.493 e. The Balaban J connectivity index is 2.83. The summed E-state index contributed by atoms with van der Waals surface area (Å²) in [6.07, 6.45) is -1.10. The van der Waals surface area contributed by atoms with Crippen molar-refractivity contribution in [3.63, 3.8) is 0 Å². The molecular weight excluding hydrogens is 252 g/mol. The van der Waals surface area contributed by atoms with E-state index in [1.807, 2.05) is 0 Å². The van der Waals surface area contributed by atoms with Crippen molar-refractivity contribution < 1.29 is 29.0 Å². The largest absolute Gasteiger partial charge is 0.493 e. The van der Waals surface area contributed by atoms with Gasteiger partial charge in [-0.05, 0) is 18.2 Å². The van der Waals surface area contributed by atoms with Crippen molar-refractivity contribution in [3.05, 3.63) is 23.8 Å². The topological polar surface area (TPSA) is 89.9 Å². The lowest BCUT2D eigenvalue weighted by Crippen LogP contribution is -2.12. The van der Waals surface area contributed by atoms with Gasteiger partial charge in [0.15, 0.2) is 23.1 Å². The van der Waals surface area contributed by atoms with Crippen LogP contribution in [0.3, 0.4) is 0 Å². The van der Waals surface area contributed by atoms with Crippen molar-refractivity contribution >= 4 is 17.5 Å². The van der Waals surface area contributed by atoms with E-state index in [0.717, 1.165) is 0 Å².